The molecule has 0 saturated carbocycles. The van der Waals surface area contributed by atoms with Crippen LogP contribution in [-0.4, -0.2) is 64.4 Å². The number of hydrogen-bond donors (Lipinski definition) is 1. The Kier molecular flexibility index (Phi) is 15.8. The van der Waals surface area contributed by atoms with Crippen LogP contribution in [0.25, 0.3) is 4.85 Å². The molecule has 0 aliphatic rings. The van der Waals surface area contributed by atoms with Crippen LogP contribution in [0, 0.1) is 6.57 Å². The molecule has 0 bridgehead atoms. The second kappa shape index (κ2) is 15.6. The zero-order chi connectivity index (χ0) is 33.3. The number of carbonyl (C=O) groups excluding carboxylic acids is 3. The molecule has 9 nitrogen and oxygen atoms in total. The van der Waals surface area contributed by atoms with Gasteiger partial charge in [0.1, 0.15) is 17.3 Å². The zero-order valence-electron chi connectivity index (χ0n) is 28.9. The molecule has 0 aromatic rings. The molecule has 0 aliphatic heterocycles. The topological polar surface area (TPSA) is 119 Å². The first kappa shape index (κ1) is 41.4. The highest BCUT2D eigenvalue weighted by atomic mass is 28.4. The summed E-state index contributed by atoms with van der Waals surface area (Å²) in [4.78, 5) is 38.4. The summed E-state index contributed by atoms with van der Waals surface area (Å²) in [6.07, 6.45) is -0.661. The molecular formula is C30H60N2O7Si2. The van der Waals surface area contributed by atoms with Gasteiger partial charge in [-0.05, 0) is 77.8 Å². The van der Waals surface area contributed by atoms with E-state index in [4.69, 9.17) is 30.6 Å². The van der Waals surface area contributed by atoms with Crippen LogP contribution in [0.5, 0.6) is 0 Å². The fraction of sp³-hybridized carbons (Fsp3) is 0.867. The van der Waals surface area contributed by atoms with E-state index in [9.17, 15) is 14.4 Å². The van der Waals surface area contributed by atoms with Crippen LogP contribution in [0.2, 0.25) is 36.3 Å². The normalized spacial score (nSPS) is 14.6. The van der Waals surface area contributed by atoms with Crippen LogP contribution >= 0.6 is 0 Å². The van der Waals surface area contributed by atoms with E-state index in [0.717, 1.165) is 0 Å². The minimum Gasteiger partial charge on any atom is -0.460 e. The van der Waals surface area contributed by atoms with Crippen molar-refractivity contribution >= 4 is 34.5 Å². The number of carbonyl (C=O) groups is 3. The predicted octanol–water partition coefficient (Wildman–Crippen LogP) is 7.01. The van der Waals surface area contributed by atoms with Crippen LogP contribution in [0.4, 0.5) is 0 Å². The van der Waals surface area contributed by atoms with Crippen LogP contribution in [0.3, 0.4) is 0 Å². The lowest BCUT2D eigenvalue weighted by molar-refractivity contribution is -0.158. The number of esters is 2. The van der Waals surface area contributed by atoms with Crippen molar-refractivity contribution in [2.75, 3.05) is 6.54 Å². The van der Waals surface area contributed by atoms with Crippen molar-refractivity contribution in [3.05, 3.63) is 11.4 Å². The van der Waals surface area contributed by atoms with Crippen molar-refractivity contribution in [1.82, 2.24) is 0 Å². The summed E-state index contributed by atoms with van der Waals surface area (Å²) < 4.78 is 22.9. The van der Waals surface area contributed by atoms with Gasteiger partial charge in [-0.25, -0.2) is 6.57 Å². The highest BCUT2D eigenvalue weighted by molar-refractivity contribution is 6.74. The SMILES string of the molecule is CC(C)(C)OC(=O)C[C@@H](CC(N)=O)O[Si](C)(C)C(C)(C)C.[C-]#[N+]C[C@H](CC(=O)OC(C)(C)C)O[Si](C)(C)C(C)(C)C. The Morgan fingerprint density at radius 2 is 0.976 bits per heavy atom. The van der Waals surface area contributed by atoms with E-state index in [1.54, 1.807) is 0 Å². The second-order valence-corrected chi connectivity index (χ2v) is 25.1. The van der Waals surface area contributed by atoms with Crippen molar-refractivity contribution in [1.29, 1.82) is 0 Å². The van der Waals surface area contributed by atoms with Gasteiger partial charge in [0.2, 0.25) is 12.5 Å². The third-order valence-corrected chi connectivity index (χ3v) is 16.0. The first-order valence-corrected chi connectivity index (χ1v) is 20.1. The van der Waals surface area contributed by atoms with Crippen LogP contribution in [0.1, 0.15) is 102 Å². The highest BCUT2D eigenvalue weighted by Gasteiger charge is 2.41. The van der Waals surface area contributed by atoms with Gasteiger partial charge in [0.15, 0.2) is 16.6 Å². The molecule has 0 radical (unpaired) electrons. The molecule has 0 aromatic heterocycles. The van der Waals surface area contributed by atoms with E-state index in [0.29, 0.717) is 0 Å². The summed E-state index contributed by atoms with van der Waals surface area (Å²) in [6.45, 7) is 39.3. The molecule has 2 N–H and O–H groups in total. The summed E-state index contributed by atoms with van der Waals surface area (Å²) in [5.41, 5.74) is 4.22. The molecule has 0 unspecified atom stereocenters. The molecule has 11 heteroatoms. The molecule has 0 saturated heterocycles. The summed E-state index contributed by atoms with van der Waals surface area (Å²) in [7, 11) is -4.06. The Morgan fingerprint density at radius 1 is 0.659 bits per heavy atom. The largest absolute Gasteiger partial charge is 0.460 e. The van der Waals surface area contributed by atoms with Gasteiger partial charge in [-0.3, -0.25) is 14.4 Å². The molecule has 0 aromatic carbocycles. The molecule has 41 heavy (non-hydrogen) atoms. The number of amides is 1. The van der Waals surface area contributed by atoms with Gasteiger partial charge in [-0.2, -0.15) is 0 Å². The summed E-state index contributed by atoms with van der Waals surface area (Å²) in [5.74, 6) is -1.14. The van der Waals surface area contributed by atoms with Gasteiger partial charge < -0.3 is 28.9 Å². The van der Waals surface area contributed by atoms with Gasteiger partial charge in [-0.1, -0.05) is 41.5 Å². The predicted molar refractivity (Wildman–Crippen MR) is 170 cm³/mol. The van der Waals surface area contributed by atoms with Gasteiger partial charge in [-0.15, -0.1) is 0 Å². The average molecular weight is 617 g/mol. The molecule has 0 fully saturated rings. The zero-order valence-corrected chi connectivity index (χ0v) is 30.9. The number of ether oxygens (including phenoxy) is 2. The molecule has 0 rings (SSSR count). The van der Waals surface area contributed by atoms with Crippen LogP contribution < -0.4 is 5.73 Å². The lowest BCUT2D eigenvalue weighted by Crippen LogP contribution is -2.45. The Bertz CT molecular complexity index is 900. The third-order valence-electron chi connectivity index (χ3n) is 6.89. The van der Waals surface area contributed by atoms with E-state index >= 15 is 0 Å². The lowest BCUT2D eigenvalue weighted by Gasteiger charge is -2.39. The summed E-state index contributed by atoms with van der Waals surface area (Å²) in [6, 6.07) is 0. The molecule has 0 heterocycles. The molecule has 1 amide bonds. The van der Waals surface area contributed by atoms with E-state index in [1.807, 2.05) is 41.5 Å². The molecule has 2 atom stereocenters. The average Bonchev–Trinajstić information content (AvgIpc) is 2.62. The van der Waals surface area contributed by atoms with Crippen LogP contribution in [0.15, 0.2) is 0 Å². The summed E-state index contributed by atoms with van der Waals surface area (Å²) >= 11 is 0. The molecule has 240 valence electrons. The van der Waals surface area contributed by atoms with Gasteiger partial charge in [0, 0.05) is 0 Å². The van der Waals surface area contributed by atoms with Crippen molar-refractivity contribution in [3.8, 4) is 0 Å². The fourth-order valence-electron chi connectivity index (χ4n) is 2.95. The maximum Gasteiger partial charge on any atom is 0.309 e. The van der Waals surface area contributed by atoms with E-state index in [1.165, 1.54) is 0 Å². The first-order chi connectivity index (χ1) is 17.9. The third kappa shape index (κ3) is 19.1. The lowest BCUT2D eigenvalue weighted by atomic mass is 10.1. The molecule has 0 aliphatic carbocycles. The highest BCUT2D eigenvalue weighted by Crippen LogP contribution is 2.39. The van der Waals surface area contributed by atoms with Crippen molar-refractivity contribution in [3.63, 3.8) is 0 Å². The fourth-order valence-corrected chi connectivity index (χ4v) is 5.65. The van der Waals surface area contributed by atoms with Gasteiger partial charge in [0.25, 0.3) is 0 Å². The number of nitrogens with zero attached hydrogens (tertiary/aromatic N) is 1. The minimum absolute atomic E-state index is 0.00315. The standard InChI is InChI=1S/C15H31NO4Si.C15H29NO3Si/c1-14(2,3)19-13(18)10-11(9-12(16)17)20-21(7,8)15(4,5)6;1-14(2,3)18-13(17)10-12(11-16-7)19-20(8,9)15(4,5)6/h11H,9-10H2,1-8H3,(H2,16,17);12H,10-11H2,1-6,8-9H3/t11-;12-/m10/s1. The quantitative estimate of drug-likeness (QED) is 0.151. The number of hydrogen-bond acceptors (Lipinski definition) is 7. The number of nitrogens with two attached hydrogens (primary N) is 1. The second-order valence-electron chi connectivity index (χ2n) is 15.6. The number of rotatable bonds is 11. The Hall–Kier alpha value is -1.75. The maximum absolute atomic E-state index is 11.9. The van der Waals surface area contributed by atoms with Gasteiger partial charge in [0.05, 0.1) is 25.4 Å². The number of primary amides is 1. The van der Waals surface area contributed by atoms with E-state index in [2.05, 4.69) is 72.6 Å². The Morgan fingerprint density at radius 3 is 1.24 bits per heavy atom. The summed E-state index contributed by atoms with van der Waals surface area (Å²) in [5, 5.41) is 0.0536. The van der Waals surface area contributed by atoms with E-state index < -0.39 is 39.8 Å². The molecular weight excluding hydrogens is 557 g/mol. The van der Waals surface area contributed by atoms with Crippen molar-refractivity contribution < 1.29 is 32.7 Å². The Labute approximate surface area is 252 Å². The van der Waals surface area contributed by atoms with Crippen LogP contribution in [-0.2, 0) is 32.7 Å². The smallest absolute Gasteiger partial charge is 0.309 e. The van der Waals surface area contributed by atoms with Gasteiger partial charge >= 0.3 is 11.9 Å². The first-order valence-electron chi connectivity index (χ1n) is 14.3. The maximum atomic E-state index is 11.9. The minimum atomic E-state index is -2.08. The Balaban J connectivity index is 0. The monoisotopic (exact) mass is 616 g/mol. The van der Waals surface area contributed by atoms with Crippen molar-refractivity contribution in [2.24, 2.45) is 5.73 Å². The molecule has 0 spiro atoms. The van der Waals surface area contributed by atoms with Crippen molar-refractivity contribution in [2.45, 2.75) is 162 Å². The van der Waals surface area contributed by atoms with E-state index in [-0.39, 0.29) is 53.9 Å².